The quantitative estimate of drug-likeness (QED) is 0.540. The Labute approximate surface area is 120 Å². The van der Waals surface area contributed by atoms with Crippen molar-refractivity contribution in [1.82, 2.24) is 24.3 Å². The second kappa shape index (κ2) is 4.05. The highest BCUT2D eigenvalue weighted by Crippen LogP contribution is 2.32. The monoisotopic (exact) mass is 283 g/mol. The van der Waals surface area contributed by atoms with Gasteiger partial charge in [-0.15, -0.1) is 0 Å². The molecule has 1 aromatic carbocycles. The van der Waals surface area contributed by atoms with Gasteiger partial charge in [0.15, 0.2) is 11.0 Å². The third-order valence-electron chi connectivity index (χ3n) is 3.49. The Kier molecular flexibility index (Phi) is 2.31. The highest BCUT2D eigenvalue weighted by atomic mass is 35.5. The Balaban J connectivity index is 2.11. The van der Waals surface area contributed by atoms with Gasteiger partial charge in [0.2, 0.25) is 0 Å². The Morgan fingerprint density at radius 3 is 3.05 bits per heavy atom. The number of halogens is 1. The lowest BCUT2D eigenvalue weighted by atomic mass is 10.1. The van der Waals surface area contributed by atoms with E-state index in [1.807, 2.05) is 33.5 Å². The van der Waals surface area contributed by atoms with Crippen molar-refractivity contribution in [2.75, 3.05) is 0 Å². The van der Waals surface area contributed by atoms with E-state index >= 15 is 0 Å². The molecular formula is C14H10ClN5. The highest BCUT2D eigenvalue weighted by molar-refractivity contribution is 6.30. The first-order valence-electron chi connectivity index (χ1n) is 6.14. The molecular weight excluding hydrogens is 274 g/mol. The first kappa shape index (κ1) is 11.4. The van der Waals surface area contributed by atoms with E-state index in [4.69, 9.17) is 11.6 Å². The third kappa shape index (κ3) is 1.47. The van der Waals surface area contributed by atoms with Gasteiger partial charge in [0, 0.05) is 5.56 Å². The van der Waals surface area contributed by atoms with Crippen molar-refractivity contribution in [3.63, 3.8) is 0 Å². The van der Waals surface area contributed by atoms with Crippen LogP contribution >= 0.6 is 11.6 Å². The molecule has 0 saturated heterocycles. The fraction of sp³-hybridized carbons (Fsp3) is 0.0714. The number of benzene rings is 1. The molecule has 0 saturated carbocycles. The lowest BCUT2D eigenvalue weighted by Crippen LogP contribution is -2.04. The summed E-state index contributed by atoms with van der Waals surface area (Å²) in [5, 5.41) is 4.76. The highest BCUT2D eigenvalue weighted by Gasteiger charge is 2.22. The lowest BCUT2D eigenvalue weighted by Gasteiger charge is -2.09. The molecule has 0 aliphatic carbocycles. The van der Waals surface area contributed by atoms with E-state index in [1.165, 1.54) is 0 Å². The topological polar surface area (TPSA) is 48.5 Å². The molecule has 5 nitrogen and oxygen atoms in total. The SMILES string of the molecule is C=Cc1ccc2c(c1)-c1ncnn1Cc1c(Cl)ncn1-2. The zero-order valence-corrected chi connectivity index (χ0v) is 11.2. The zero-order valence-electron chi connectivity index (χ0n) is 10.5. The molecule has 0 atom stereocenters. The summed E-state index contributed by atoms with van der Waals surface area (Å²) in [5.74, 6) is 0.823. The number of hydrogen-bond acceptors (Lipinski definition) is 3. The van der Waals surface area contributed by atoms with Crippen LogP contribution in [0.4, 0.5) is 0 Å². The standard InChI is InChI=1S/C14H10ClN5/c1-2-9-3-4-11-10(5-9)14-16-7-18-20(14)6-12-13(15)17-8-19(11)12/h2-5,7-8H,1,6H2. The molecule has 6 heteroatoms. The molecule has 0 fully saturated rings. The summed E-state index contributed by atoms with van der Waals surface area (Å²) in [6, 6.07) is 6.08. The van der Waals surface area contributed by atoms with Gasteiger partial charge in [-0.2, -0.15) is 5.10 Å². The van der Waals surface area contributed by atoms with Crippen molar-refractivity contribution in [1.29, 1.82) is 0 Å². The summed E-state index contributed by atoms with van der Waals surface area (Å²) in [6.07, 6.45) is 5.10. The fourth-order valence-corrected chi connectivity index (χ4v) is 2.70. The predicted molar refractivity (Wildman–Crippen MR) is 76.8 cm³/mol. The van der Waals surface area contributed by atoms with Gasteiger partial charge in [-0.05, 0) is 17.7 Å². The minimum Gasteiger partial charge on any atom is -0.299 e. The summed E-state index contributed by atoms with van der Waals surface area (Å²) >= 11 is 6.18. The van der Waals surface area contributed by atoms with Gasteiger partial charge in [0.1, 0.15) is 12.7 Å². The maximum Gasteiger partial charge on any atom is 0.160 e. The van der Waals surface area contributed by atoms with Crippen LogP contribution in [0.2, 0.25) is 5.15 Å². The van der Waals surface area contributed by atoms with Gasteiger partial charge in [-0.1, -0.05) is 30.3 Å². The third-order valence-corrected chi connectivity index (χ3v) is 3.80. The molecule has 2 aromatic heterocycles. The van der Waals surface area contributed by atoms with E-state index in [2.05, 4.69) is 21.6 Å². The van der Waals surface area contributed by atoms with Gasteiger partial charge in [-0.25, -0.2) is 14.6 Å². The molecule has 3 heterocycles. The van der Waals surface area contributed by atoms with Crippen LogP contribution in [0.15, 0.2) is 37.4 Å². The second-order valence-corrected chi connectivity index (χ2v) is 4.93. The number of nitrogens with zero attached hydrogens (tertiary/aromatic N) is 5. The van der Waals surface area contributed by atoms with Crippen molar-refractivity contribution in [3.05, 3.63) is 53.8 Å². The zero-order chi connectivity index (χ0) is 13.7. The van der Waals surface area contributed by atoms with Crippen LogP contribution in [-0.4, -0.2) is 24.3 Å². The Hall–Kier alpha value is -2.40. The molecule has 1 aliphatic rings. The van der Waals surface area contributed by atoms with E-state index < -0.39 is 0 Å². The molecule has 0 amide bonds. The van der Waals surface area contributed by atoms with Gasteiger partial charge < -0.3 is 0 Å². The molecule has 1 aliphatic heterocycles. The minimum absolute atomic E-state index is 0.493. The first-order valence-corrected chi connectivity index (χ1v) is 6.52. The van der Waals surface area contributed by atoms with Crippen molar-refractivity contribution in [2.24, 2.45) is 0 Å². The van der Waals surface area contributed by atoms with Crippen LogP contribution < -0.4 is 0 Å². The van der Waals surface area contributed by atoms with E-state index in [9.17, 15) is 0 Å². The predicted octanol–water partition coefficient (Wildman–Crippen LogP) is 2.79. The fourth-order valence-electron chi connectivity index (χ4n) is 2.50. The molecule has 0 spiro atoms. The van der Waals surface area contributed by atoms with Crippen LogP contribution in [0, 0.1) is 0 Å². The Bertz CT molecular complexity index is 830. The number of fused-ring (bicyclic) bond motifs is 5. The molecule has 3 aromatic rings. The van der Waals surface area contributed by atoms with Crippen molar-refractivity contribution < 1.29 is 0 Å². The molecule has 0 unspecified atom stereocenters. The summed E-state index contributed by atoms with van der Waals surface area (Å²) in [5.41, 5.74) is 3.93. The smallest absolute Gasteiger partial charge is 0.160 e. The largest absolute Gasteiger partial charge is 0.299 e. The van der Waals surface area contributed by atoms with Gasteiger partial charge in [0.25, 0.3) is 0 Å². The number of imidazole rings is 1. The van der Waals surface area contributed by atoms with Crippen molar-refractivity contribution >= 4 is 17.7 Å². The van der Waals surface area contributed by atoms with Gasteiger partial charge in [0.05, 0.1) is 17.9 Å². The van der Waals surface area contributed by atoms with Crippen LogP contribution in [0.3, 0.4) is 0 Å². The normalized spacial score (nSPS) is 12.2. The second-order valence-electron chi connectivity index (χ2n) is 4.57. The molecule has 4 rings (SSSR count). The van der Waals surface area contributed by atoms with Crippen molar-refractivity contribution in [2.45, 2.75) is 6.54 Å². The van der Waals surface area contributed by atoms with E-state index in [0.29, 0.717) is 11.7 Å². The Morgan fingerprint density at radius 1 is 1.30 bits per heavy atom. The summed E-state index contributed by atoms with van der Waals surface area (Å²) < 4.78 is 3.82. The van der Waals surface area contributed by atoms with E-state index in [-0.39, 0.29) is 0 Å². The lowest BCUT2D eigenvalue weighted by molar-refractivity contribution is 0.677. The summed E-state index contributed by atoms with van der Waals surface area (Å²) in [7, 11) is 0. The first-order chi connectivity index (χ1) is 9.78. The van der Waals surface area contributed by atoms with Crippen LogP contribution in [-0.2, 0) is 6.54 Å². The molecule has 20 heavy (non-hydrogen) atoms. The molecule has 98 valence electrons. The molecule has 0 radical (unpaired) electrons. The number of hydrogen-bond donors (Lipinski definition) is 0. The minimum atomic E-state index is 0.493. The average molecular weight is 284 g/mol. The van der Waals surface area contributed by atoms with E-state index in [0.717, 1.165) is 28.3 Å². The van der Waals surface area contributed by atoms with Crippen LogP contribution in [0.25, 0.3) is 23.2 Å². The summed E-state index contributed by atoms with van der Waals surface area (Å²) in [6.45, 7) is 4.36. The maximum atomic E-state index is 6.18. The maximum absolute atomic E-state index is 6.18. The van der Waals surface area contributed by atoms with Crippen molar-refractivity contribution in [3.8, 4) is 17.1 Å². The van der Waals surface area contributed by atoms with Crippen LogP contribution in [0.5, 0.6) is 0 Å². The Morgan fingerprint density at radius 2 is 2.20 bits per heavy atom. The van der Waals surface area contributed by atoms with E-state index in [1.54, 1.807) is 12.7 Å². The van der Waals surface area contributed by atoms with Crippen LogP contribution in [0.1, 0.15) is 11.3 Å². The summed E-state index contributed by atoms with van der Waals surface area (Å²) in [4.78, 5) is 8.55. The van der Waals surface area contributed by atoms with Gasteiger partial charge >= 0.3 is 0 Å². The average Bonchev–Trinajstić information content (AvgIpc) is 3.04. The van der Waals surface area contributed by atoms with Gasteiger partial charge in [-0.3, -0.25) is 4.57 Å². The number of aromatic nitrogens is 5. The number of rotatable bonds is 1. The molecule has 0 bridgehead atoms. The molecule has 0 N–H and O–H groups in total.